The molecule has 0 aliphatic carbocycles. The van der Waals surface area contributed by atoms with E-state index in [0.717, 1.165) is 11.1 Å². The van der Waals surface area contributed by atoms with Crippen LogP contribution in [0, 0.1) is 22.7 Å². The van der Waals surface area contributed by atoms with Crippen LogP contribution in [0.15, 0.2) is 70.9 Å². The van der Waals surface area contributed by atoms with Gasteiger partial charge in [0.05, 0.1) is 12.1 Å². The molecule has 0 saturated carbocycles. The van der Waals surface area contributed by atoms with E-state index in [1.54, 1.807) is 13.8 Å². The van der Waals surface area contributed by atoms with E-state index in [-0.39, 0.29) is 0 Å². The van der Waals surface area contributed by atoms with E-state index in [2.05, 4.69) is 22.4 Å². The number of benzene rings is 2. The number of rotatable bonds is 6. The first-order valence-electron chi connectivity index (χ1n) is 7.83. The average Bonchev–Trinajstić information content (AvgIpc) is 2.62. The van der Waals surface area contributed by atoms with Crippen LogP contribution in [-0.4, -0.2) is 11.1 Å². The zero-order chi connectivity index (χ0) is 17.5. The summed E-state index contributed by atoms with van der Waals surface area (Å²) >= 11 is 0. The molecule has 2 aromatic carbocycles. The van der Waals surface area contributed by atoms with Gasteiger partial charge in [-0.05, 0) is 25.0 Å². The Morgan fingerprint density at radius 1 is 0.708 bits per heavy atom. The Kier molecular flexibility index (Phi) is 5.45. The lowest BCUT2D eigenvalue weighted by atomic mass is 9.94. The standard InChI is InChI=1S/C20H20N4/c1-19(15-21,13-17-9-5-3-6-10-17)23-24-20(2,16-22)14-18-11-7-4-8-12-18/h3-12H,13-14H2,1-2H3/b24-23+. The maximum Gasteiger partial charge on any atom is 0.168 e. The smallest absolute Gasteiger partial charge is 0.168 e. The van der Waals surface area contributed by atoms with Crippen LogP contribution >= 0.6 is 0 Å². The quantitative estimate of drug-likeness (QED) is 0.737. The monoisotopic (exact) mass is 316 g/mol. The molecule has 0 heterocycles. The number of azo groups is 1. The van der Waals surface area contributed by atoms with E-state index in [1.165, 1.54) is 0 Å². The van der Waals surface area contributed by atoms with Crippen LogP contribution in [-0.2, 0) is 12.8 Å². The molecule has 0 spiro atoms. The highest BCUT2D eigenvalue weighted by Crippen LogP contribution is 2.23. The van der Waals surface area contributed by atoms with Crippen LogP contribution in [0.5, 0.6) is 0 Å². The fraction of sp³-hybridized carbons (Fsp3) is 0.300. The van der Waals surface area contributed by atoms with Crippen molar-refractivity contribution in [3.8, 4) is 12.1 Å². The topological polar surface area (TPSA) is 72.3 Å². The number of hydrogen-bond acceptors (Lipinski definition) is 4. The molecule has 0 N–H and O–H groups in total. The van der Waals surface area contributed by atoms with Crippen molar-refractivity contribution in [2.24, 2.45) is 10.2 Å². The first kappa shape index (κ1) is 17.4. The molecule has 0 radical (unpaired) electrons. The van der Waals surface area contributed by atoms with Crippen LogP contribution in [0.25, 0.3) is 0 Å². The minimum Gasteiger partial charge on any atom is -0.196 e. The van der Waals surface area contributed by atoms with E-state index in [4.69, 9.17) is 0 Å². The Balaban J connectivity index is 2.18. The third-order valence-electron chi connectivity index (χ3n) is 3.76. The highest BCUT2D eigenvalue weighted by molar-refractivity contribution is 5.23. The van der Waals surface area contributed by atoms with Crippen LogP contribution in [0.1, 0.15) is 25.0 Å². The largest absolute Gasteiger partial charge is 0.196 e. The van der Waals surface area contributed by atoms with Gasteiger partial charge in [0, 0.05) is 12.8 Å². The molecular formula is C20H20N4. The lowest BCUT2D eigenvalue weighted by Crippen LogP contribution is -2.27. The SMILES string of the molecule is CC(C#N)(Cc1ccccc1)/N=N/C(C)(C#N)Cc1ccccc1. The summed E-state index contributed by atoms with van der Waals surface area (Å²) in [5, 5.41) is 27.5. The molecule has 0 amide bonds. The van der Waals surface area contributed by atoms with Crippen molar-refractivity contribution in [2.75, 3.05) is 0 Å². The molecule has 0 fully saturated rings. The molecule has 0 aliphatic heterocycles. The van der Waals surface area contributed by atoms with Gasteiger partial charge in [-0.2, -0.15) is 20.8 Å². The third kappa shape index (κ3) is 4.76. The lowest BCUT2D eigenvalue weighted by Gasteiger charge is -2.20. The van der Waals surface area contributed by atoms with Gasteiger partial charge < -0.3 is 0 Å². The summed E-state index contributed by atoms with van der Waals surface area (Å²) in [7, 11) is 0. The van der Waals surface area contributed by atoms with Gasteiger partial charge in [0.25, 0.3) is 0 Å². The fourth-order valence-electron chi connectivity index (χ4n) is 2.40. The van der Waals surface area contributed by atoms with Crippen molar-refractivity contribution in [3.63, 3.8) is 0 Å². The van der Waals surface area contributed by atoms with E-state index in [0.29, 0.717) is 12.8 Å². The second-order valence-corrected chi connectivity index (χ2v) is 6.30. The molecule has 2 aromatic rings. The molecule has 2 rings (SSSR count). The molecule has 24 heavy (non-hydrogen) atoms. The third-order valence-corrected chi connectivity index (χ3v) is 3.76. The summed E-state index contributed by atoms with van der Waals surface area (Å²) in [6, 6.07) is 23.8. The maximum absolute atomic E-state index is 9.52. The predicted molar refractivity (Wildman–Crippen MR) is 93.2 cm³/mol. The normalized spacial score (nSPS) is 15.8. The van der Waals surface area contributed by atoms with Crippen molar-refractivity contribution < 1.29 is 0 Å². The molecule has 0 bridgehead atoms. The fourth-order valence-corrected chi connectivity index (χ4v) is 2.40. The van der Waals surface area contributed by atoms with Gasteiger partial charge in [-0.1, -0.05) is 60.7 Å². The number of hydrogen-bond donors (Lipinski definition) is 0. The van der Waals surface area contributed by atoms with Crippen molar-refractivity contribution in [3.05, 3.63) is 71.8 Å². The Morgan fingerprint density at radius 2 is 1.04 bits per heavy atom. The minimum absolute atomic E-state index is 0.459. The van der Waals surface area contributed by atoms with E-state index >= 15 is 0 Å². The average molecular weight is 316 g/mol. The van der Waals surface area contributed by atoms with Gasteiger partial charge in [0.2, 0.25) is 0 Å². The van der Waals surface area contributed by atoms with Gasteiger partial charge in [0.15, 0.2) is 11.1 Å². The van der Waals surface area contributed by atoms with Crippen LogP contribution in [0.2, 0.25) is 0 Å². The van der Waals surface area contributed by atoms with Crippen molar-refractivity contribution in [1.82, 2.24) is 0 Å². The van der Waals surface area contributed by atoms with E-state index in [9.17, 15) is 10.5 Å². The second-order valence-electron chi connectivity index (χ2n) is 6.30. The molecule has 0 aromatic heterocycles. The summed E-state index contributed by atoms with van der Waals surface area (Å²) in [6.45, 7) is 3.48. The second kappa shape index (κ2) is 7.53. The van der Waals surface area contributed by atoms with E-state index in [1.807, 2.05) is 60.7 Å². The summed E-state index contributed by atoms with van der Waals surface area (Å²) in [6.07, 6.45) is 0.918. The molecule has 120 valence electrons. The maximum atomic E-state index is 9.52. The molecule has 2 unspecified atom stereocenters. The Morgan fingerprint density at radius 3 is 1.33 bits per heavy atom. The molecule has 2 atom stereocenters. The molecular weight excluding hydrogens is 296 g/mol. The summed E-state index contributed by atoms with van der Waals surface area (Å²) in [5.41, 5.74) is 0.0520. The predicted octanol–water partition coefficient (Wildman–Crippen LogP) is 4.49. The molecule has 0 saturated heterocycles. The van der Waals surface area contributed by atoms with Gasteiger partial charge in [-0.25, -0.2) is 0 Å². The summed E-state index contributed by atoms with van der Waals surface area (Å²) in [4.78, 5) is 0. The Hall–Kier alpha value is -2.98. The first-order chi connectivity index (χ1) is 11.5. The number of nitrogens with zero attached hydrogens (tertiary/aromatic N) is 4. The van der Waals surface area contributed by atoms with Gasteiger partial charge in [0.1, 0.15) is 0 Å². The summed E-state index contributed by atoms with van der Waals surface area (Å²) < 4.78 is 0. The van der Waals surface area contributed by atoms with Crippen LogP contribution in [0.3, 0.4) is 0 Å². The van der Waals surface area contributed by atoms with Crippen LogP contribution < -0.4 is 0 Å². The summed E-state index contributed by atoms with van der Waals surface area (Å²) in [5.74, 6) is 0. The molecule has 4 heteroatoms. The Bertz CT molecular complexity index is 703. The zero-order valence-corrected chi connectivity index (χ0v) is 14.0. The Labute approximate surface area is 143 Å². The lowest BCUT2D eigenvalue weighted by molar-refractivity contribution is 0.486. The van der Waals surface area contributed by atoms with Gasteiger partial charge in [-0.15, -0.1) is 0 Å². The number of nitriles is 2. The first-order valence-corrected chi connectivity index (χ1v) is 7.83. The van der Waals surface area contributed by atoms with Crippen molar-refractivity contribution >= 4 is 0 Å². The van der Waals surface area contributed by atoms with Crippen molar-refractivity contribution in [1.29, 1.82) is 10.5 Å². The van der Waals surface area contributed by atoms with Crippen LogP contribution in [0.4, 0.5) is 0 Å². The molecule has 4 nitrogen and oxygen atoms in total. The van der Waals surface area contributed by atoms with Gasteiger partial charge >= 0.3 is 0 Å². The van der Waals surface area contributed by atoms with Crippen molar-refractivity contribution in [2.45, 2.75) is 37.8 Å². The zero-order valence-electron chi connectivity index (χ0n) is 14.0. The highest BCUT2D eigenvalue weighted by atomic mass is 15.2. The highest BCUT2D eigenvalue weighted by Gasteiger charge is 2.29. The molecule has 0 aliphatic rings. The van der Waals surface area contributed by atoms with Gasteiger partial charge in [-0.3, -0.25) is 0 Å². The van der Waals surface area contributed by atoms with E-state index < -0.39 is 11.1 Å². The minimum atomic E-state index is -0.990.